The molecule has 1 atom stereocenters. The molecule has 1 amide bonds. The van der Waals surface area contributed by atoms with Crippen LogP contribution in [-0.2, 0) is 14.8 Å². The number of allylic oxidation sites excluding steroid dienone is 1. The highest BCUT2D eigenvalue weighted by Gasteiger charge is 2.31. The van der Waals surface area contributed by atoms with Crippen LogP contribution in [0.25, 0.3) is 16.6 Å². The number of nitro benzene ring substituents is 1. The maximum Gasteiger partial charge on any atom is 0.293 e. The van der Waals surface area contributed by atoms with Gasteiger partial charge in [-0.25, -0.2) is 18.1 Å². The number of benzene rings is 3. The Labute approximate surface area is 360 Å². The quantitative estimate of drug-likeness (QED) is 0.0765. The zero-order valence-corrected chi connectivity index (χ0v) is 35.8. The number of carbonyl (C=O) groups is 1. The van der Waals surface area contributed by atoms with Gasteiger partial charge in [-0.05, 0) is 103 Å². The number of ether oxygens (including phenoxy) is 2. The summed E-state index contributed by atoms with van der Waals surface area (Å²) in [6.45, 7) is 10.4. The monoisotopic (exact) mass is 867 g/mol. The lowest BCUT2D eigenvalue weighted by molar-refractivity contribution is -0.384. The first-order valence-corrected chi connectivity index (χ1v) is 22.5. The van der Waals surface area contributed by atoms with E-state index in [4.69, 9.17) is 21.1 Å². The number of aromatic amines is 1. The van der Waals surface area contributed by atoms with E-state index in [9.17, 15) is 23.3 Å². The van der Waals surface area contributed by atoms with Crippen molar-refractivity contribution in [2.24, 2.45) is 17.3 Å². The van der Waals surface area contributed by atoms with E-state index in [2.05, 4.69) is 61.9 Å². The number of hydrogen-bond acceptors (Lipinski definition) is 11. The fourth-order valence-electron chi connectivity index (χ4n) is 8.47. The van der Waals surface area contributed by atoms with Crippen molar-refractivity contribution >= 4 is 61.2 Å². The second kappa shape index (κ2) is 17.9. The topological polar surface area (TPSA) is 172 Å². The van der Waals surface area contributed by atoms with E-state index in [1.807, 2.05) is 18.2 Å². The van der Waals surface area contributed by atoms with Crippen molar-refractivity contribution in [1.29, 1.82) is 0 Å². The van der Waals surface area contributed by atoms with E-state index < -0.39 is 31.4 Å². The summed E-state index contributed by atoms with van der Waals surface area (Å²) >= 11 is 6.24. The molecule has 1 unspecified atom stereocenters. The molecule has 3 aromatic carbocycles. The number of fused-ring (bicyclic) bond motifs is 1. The number of anilines is 2. The zero-order valence-electron chi connectivity index (χ0n) is 34.2. The standard InChI is InChI=1S/C45H50ClN7O7S/c1-45(2)15-11-33(39(26-45)31-3-5-34(46)6-4-31)29-51-17-19-52(20-18-51)35-7-9-38(42(24-35)60-36-23-32-12-16-47-43(32)49-28-36)44(54)50-61(57,58)37-8-10-40(41(25-37)53(55)56)48-27-30-13-21-59-22-14-30/h3-10,12,16,23-26,28,30,33,48H,11,13-15,17-22,27,29H2,1-2H3,(H,47,49)(H,50,54). The van der Waals surface area contributed by atoms with Gasteiger partial charge in [0.25, 0.3) is 21.6 Å². The number of amides is 1. The molecule has 14 nitrogen and oxygen atoms in total. The number of H-pyrrole nitrogens is 1. The number of nitrogens with one attached hydrogen (secondary N) is 3. The molecule has 2 saturated heterocycles. The van der Waals surface area contributed by atoms with Crippen molar-refractivity contribution in [2.45, 2.75) is 44.4 Å². The molecule has 2 fully saturated rings. The molecule has 5 aromatic rings. The Bertz CT molecular complexity index is 2550. The fourth-order valence-corrected chi connectivity index (χ4v) is 9.58. The summed E-state index contributed by atoms with van der Waals surface area (Å²) in [6.07, 6.45) is 9.58. The van der Waals surface area contributed by atoms with Gasteiger partial charge in [0.05, 0.1) is 21.6 Å². The second-order valence-electron chi connectivity index (χ2n) is 16.8. The van der Waals surface area contributed by atoms with Crippen LogP contribution in [0.2, 0.25) is 5.02 Å². The summed E-state index contributed by atoms with van der Waals surface area (Å²) in [5.41, 5.74) is 3.92. The minimum Gasteiger partial charge on any atom is -0.455 e. The van der Waals surface area contributed by atoms with Gasteiger partial charge < -0.3 is 24.7 Å². The fraction of sp³-hybridized carbons (Fsp3) is 0.378. The summed E-state index contributed by atoms with van der Waals surface area (Å²) in [7, 11) is -4.55. The first-order valence-electron chi connectivity index (χ1n) is 20.7. The van der Waals surface area contributed by atoms with Crippen molar-refractivity contribution in [2.75, 3.05) is 62.7 Å². The van der Waals surface area contributed by atoms with Gasteiger partial charge in [0.15, 0.2) is 0 Å². The van der Waals surface area contributed by atoms with Gasteiger partial charge >= 0.3 is 0 Å². The molecule has 4 heterocycles. The average molecular weight is 868 g/mol. The molecule has 3 N–H and O–H groups in total. The van der Waals surface area contributed by atoms with E-state index in [1.54, 1.807) is 30.5 Å². The number of piperazine rings is 1. The lowest BCUT2D eigenvalue weighted by Gasteiger charge is -2.40. The van der Waals surface area contributed by atoms with Crippen LogP contribution in [0.3, 0.4) is 0 Å². The normalized spacial score (nSPS) is 18.7. The van der Waals surface area contributed by atoms with Gasteiger partial charge in [0.1, 0.15) is 22.8 Å². The highest BCUT2D eigenvalue weighted by atomic mass is 35.5. The molecule has 8 rings (SSSR count). The molecular weight excluding hydrogens is 818 g/mol. The number of hydrogen-bond donors (Lipinski definition) is 3. The van der Waals surface area contributed by atoms with Gasteiger partial charge in [-0.15, -0.1) is 0 Å². The van der Waals surface area contributed by atoms with E-state index in [0.29, 0.717) is 37.1 Å². The molecule has 16 heteroatoms. The molecule has 0 bridgehead atoms. The Morgan fingerprint density at radius 2 is 1.79 bits per heavy atom. The second-order valence-corrected chi connectivity index (χ2v) is 18.9. The summed E-state index contributed by atoms with van der Waals surface area (Å²) in [5.74, 6) is 0.197. The molecule has 0 spiro atoms. The number of aromatic nitrogens is 2. The van der Waals surface area contributed by atoms with Crippen LogP contribution in [-0.4, -0.2) is 86.6 Å². The number of pyridine rings is 1. The number of rotatable bonds is 13. The van der Waals surface area contributed by atoms with Crippen LogP contribution in [0.15, 0.2) is 96.2 Å². The molecule has 2 aromatic heterocycles. The smallest absolute Gasteiger partial charge is 0.293 e. The maximum atomic E-state index is 13.9. The van der Waals surface area contributed by atoms with Crippen LogP contribution in [0.1, 0.15) is 55.5 Å². The zero-order chi connectivity index (χ0) is 42.7. The number of halogens is 1. The van der Waals surface area contributed by atoms with Crippen LogP contribution < -0.4 is 19.7 Å². The van der Waals surface area contributed by atoms with Gasteiger partial charge in [-0.3, -0.25) is 19.8 Å². The average Bonchev–Trinajstić information content (AvgIpc) is 3.72. The SMILES string of the molecule is CC1(C)C=C(c2ccc(Cl)cc2)C(CN2CCN(c3ccc(C(=O)NS(=O)(=O)c4ccc(NCC5CCOCC5)c([N+](=O)[O-])c4)c(Oc4cnc5[nH]ccc5c4)c3)CC2)CC1. The van der Waals surface area contributed by atoms with Crippen molar-refractivity contribution in [3.05, 3.63) is 118 Å². The van der Waals surface area contributed by atoms with E-state index in [-0.39, 0.29) is 28.3 Å². The van der Waals surface area contributed by atoms with Crippen molar-refractivity contribution < 1.29 is 27.6 Å². The molecule has 61 heavy (non-hydrogen) atoms. The third kappa shape index (κ3) is 10.0. The van der Waals surface area contributed by atoms with E-state index in [1.165, 1.54) is 29.5 Å². The minimum absolute atomic E-state index is 0.0360. The Morgan fingerprint density at radius 3 is 2.54 bits per heavy atom. The highest BCUT2D eigenvalue weighted by molar-refractivity contribution is 7.90. The molecule has 0 radical (unpaired) electrons. The summed E-state index contributed by atoms with van der Waals surface area (Å²) in [4.78, 5) is 37.1. The van der Waals surface area contributed by atoms with Gasteiger partial charge in [-0.1, -0.05) is 43.7 Å². The summed E-state index contributed by atoms with van der Waals surface area (Å²) in [6, 6.07) is 20.4. The van der Waals surface area contributed by atoms with Crippen LogP contribution in [0.4, 0.5) is 17.1 Å². The Morgan fingerprint density at radius 1 is 1.02 bits per heavy atom. The van der Waals surface area contributed by atoms with E-state index in [0.717, 1.165) is 80.6 Å². The van der Waals surface area contributed by atoms with Crippen LogP contribution in [0.5, 0.6) is 11.5 Å². The first-order chi connectivity index (χ1) is 29.3. The number of carbonyl (C=O) groups excluding carboxylic acids is 1. The Kier molecular flexibility index (Phi) is 12.4. The van der Waals surface area contributed by atoms with Crippen molar-refractivity contribution in [3.8, 4) is 11.5 Å². The Hall–Kier alpha value is -5.48. The van der Waals surface area contributed by atoms with Gasteiger partial charge in [-0.2, -0.15) is 0 Å². The molecular formula is C45H50ClN7O7S. The van der Waals surface area contributed by atoms with Gasteiger partial charge in [0.2, 0.25) is 0 Å². The predicted octanol–water partition coefficient (Wildman–Crippen LogP) is 8.52. The number of nitrogens with zero attached hydrogens (tertiary/aromatic N) is 4. The van der Waals surface area contributed by atoms with Crippen LogP contribution in [0, 0.1) is 27.4 Å². The molecule has 2 aliphatic heterocycles. The summed E-state index contributed by atoms with van der Waals surface area (Å²) < 4.78 is 41.2. The lowest BCUT2D eigenvalue weighted by Crippen LogP contribution is -2.48. The van der Waals surface area contributed by atoms with Crippen molar-refractivity contribution in [3.63, 3.8) is 0 Å². The molecule has 0 saturated carbocycles. The summed E-state index contributed by atoms with van der Waals surface area (Å²) in [5, 5.41) is 16.7. The molecule has 320 valence electrons. The Balaban J connectivity index is 0.993. The highest BCUT2D eigenvalue weighted by Crippen LogP contribution is 2.42. The van der Waals surface area contributed by atoms with Crippen molar-refractivity contribution in [1.82, 2.24) is 19.6 Å². The first kappa shape index (κ1) is 42.2. The maximum absolute atomic E-state index is 13.9. The van der Waals surface area contributed by atoms with Gasteiger partial charge in [0, 0.05) is 86.9 Å². The van der Waals surface area contributed by atoms with E-state index >= 15 is 0 Å². The molecule has 3 aliphatic rings. The third-order valence-electron chi connectivity index (χ3n) is 12.0. The lowest BCUT2D eigenvalue weighted by atomic mass is 9.72. The largest absolute Gasteiger partial charge is 0.455 e. The number of sulfonamides is 1. The third-order valence-corrected chi connectivity index (χ3v) is 13.5. The minimum atomic E-state index is -4.55. The predicted molar refractivity (Wildman–Crippen MR) is 237 cm³/mol. The molecule has 1 aliphatic carbocycles. The number of nitro groups is 1. The van der Waals surface area contributed by atoms with Crippen LogP contribution >= 0.6 is 11.6 Å².